The Balaban J connectivity index is 1.44. The minimum atomic E-state index is -0.224. The van der Waals surface area contributed by atoms with Crippen LogP contribution < -0.4 is 5.32 Å². The number of hydrogen-bond donors (Lipinski definition) is 1. The van der Waals surface area contributed by atoms with E-state index in [0.29, 0.717) is 17.9 Å². The quantitative estimate of drug-likeness (QED) is 0.609. The van der Waals surface area contributed by atoms with Crippen molar-refractivity contribution in [1.29, 1.82) is 0 Å². The SMILES string of the molecule is O=C(NCc1ccc2nsnc2c1)c1cnc(-c2ccncc2)nc1. The highest BCUT2D eigenvalue weighted by Gasteiger charge is 2.08. The molecule has 1 aromatic carbocycles. The molecule has 8 heteroatoms. The van der Waals surface area contributed by atoms with Gasteiger partial charge >= 0.3 is 0 Å². The summed E-state index contributed by atoms with van der Waals surface area (Å²) in [7, 11) is 0. The predicted molar refractivity (Wildman–Crippen MR) is 93.8 cm³/mol. The largest absolute Gasteiger partial charge is 0.348 e. The maximum atomic E-state index is 12.3. The molecule has 0 fully saturated rings. The van der Waals surface area contributed by atoms with Crippen molar-refractivity contribution in [3.05, 3.63) is 66.2 Å². The van der Waals surface area contributed by atoms with Gasteiger partial charge in [-0.05, 0) is 29.8 Å². The van der Waals surface area contributed by atoms with Crippen LogP contribution in [0, 0.1) is 0 Å². The lowest BCUT2D eigenvalue weighted by Crippen LogP contribution is -2.23. The van der Waals surface area contributed by atoms with Crippen LogP contribution in [0.3, 0.4) is 0 Å². The molecule has 4 rings (SSSR count). The molecule has 0 spiro atoms. The number of nitrogens with one attached hydrogen (secondary N) is 1. The van der Waals surface area contributed by atoms with Crippen molar-refractivity contribution in [2.75, 3.05) is 0 Å². The summed E-state index contributed by atoms with van der Waals surface area (Å²) in [6.07, 6.45) is 6.39. The van der Waals surface area contributed by atoms with Crippen LogP contribution in [0.15, 0.2) is 55.1 Å². The predicted octanol–water partition coefficient (Wildman–Crippen LogP) is 2.47. The molecule has 0 aliphatic carbocycles. The molecule has 0 atom stereocenters. The Kier molecular flexibility index (Phi) is 4.09. The molecule has 0 saturated heterocycles. The topological polar surface area (TPSA) is 93.6 Å². The number of carbonyl (C=O) groups is 1. The van der Waals surface area contributed by atoms with Crippen LogP contribution in [0.1, 0.15) is 15.9 Å². The van der Waals surface area contributed by atoms with Gasteiger partial charge in [-0.25, -0.2) is 9.97 Å². The minimum Gasteiger partial charge on any atom is -0.348 e. The van der Waals surface area contributed by atoms with E-state index in [1.54, 1.807) is 12.4 Å². The maximum Gasteiger partial charge on any atom is 0.254 e. The highest BCUT2D eigenvalue weighted by Crippen LogP contribution is 2.14. The average Bonchev–Trinajstić information content (AvgIpc) is 3.15. The first-order chi connectivity index (χ1) is 12.3. The standard InChI is InChI=1S/C17H12N6OS/c24-17(21-8-11-1-2-14-15(7-11)23-25-22-14)13-9-19-16(20-10-13)12-3-5-18-6-4-12/h1-7,9-10H,8H2,(H,21,24). The Labute approximate surface area is 147 Å². The summed E-state index contributed by atoms with van der Waals surface area (Å²) in [6, 6.07) is 9.37. The van der Waals surface area contributed by atoms with Crippen LogP contribution in [0.25, 0.3) is 22.4 Å². The Hall–Kier alpha value is -3.26. The number of rotatable bonds is 4. The fourth-order valence-corrected chi connectivity index (χ4v) is 2.83. The number of pyridine rings is 1. The zero-order valence-corrected chi connectivity index (χ0v) is 13.8. The molecule has 0 aliphatic heterocycles. The maximum absolute atomic E-state index is 12.3. The molecule has 25 heavy (non-hydrogen) atoms. The number of hydrogen-bond acceptors (Lipinski definition) is 7. The number of fused-ring (bicyclic) bond motifs is 1. The van der Waals surface area contributed by atoms with E-state index in [1.165, 1.54) is 24.1 Å². The fraction of sp³-hybridized carbons (Fsp3) is 0.0588. The summed E-state index contributed by atoms with van der Waals surface area (Å²) >= 11 is 1.17. The third-order valence-electron chi connectivity index (χ3n) is 3.62. The van der Waals surface area contributed by atoms with Crippen molar-refractivity contribution in [3.8, 4) is 11.4 Å². The van der Waals surface area contributed by atoms with Crippen molar-refractivity contribution in [2.45, 2.75) is 6.54 Å². The van der Waals surface area contributed by atoms with Crippen LogP contribution in [-0.4, -0.2) is 29.6 Å². The van der Waals surface area contributed by atoms with Gasteiger partial charge in [0.05, 0.1) is 17.3 Å². The van der Waals surface area contributed by atoms with Crippen LogP contribution in [0.2, 0.25) is 0 Å². The van der Waals surface area contributed by atoms with Gasteiger partial charge in [-0.2, -0.15) is 8.75 Å². The summed E-state index contributed by atoms with van der Waals surface area (Å²) in [5, 5.41) is 2.86. The van der Waals surface area contributed by atoms with Gasteiger partial charge < -0.3 is 5.32 Å². The molecule has 3 heterocycles. The fourth-order valence-electron chi connectivity index (χ4n) is 2.32. The third-order valence-corrected chi connectivity index (χ3v) is 4.18. The van der Waals surface area contributed by atoms with Gasteiger partial charge in [0, 0.05) is 36.9 Å². The van der Waals surface area contributed by atoms with E-state index < -0.39 is 0 Å². The molecule has 4 aromatic rings. The number of nitrogens with zero attached hydrogens (tertiary/aromatic N) is 5. The van der Waals surface area contributed by atoms with Crippen molar-refractivity contribution < 1.29 is 4.79 Å². The first-order valence-electron chi connectivity index (χ1n) is 7.51. The van der Waals surface area contributed by atoms with Crippen molar-refractivity contribution in [3.63, 3.8) is 0 Å². The second kappa shape index (κ2) is 6.70. The Morgan fingerprint density at radius 3 is 2.56 bits per heavy atom. The Morgan fingerprint density at radius 2 is 1.76 bits per heavy atom. The summed E-state index contributed by atoms with van der Waals surface area (Å²) in [5.41, 5.74) is 3.92. The van der Waals surface area contributed by atoms with Gasteiger partial charge in [-0.3, -0.25) is 9.78 Å². The van der Waals surface area contributed by atoms with E-state index in [2.05, 4.69) is 29.0 Å². The van der Waals surface area contributed by atoms with E-state index >= 15 is 0 Å². The molecular weight excluding hydrogens is 336 g/mol. The van der Waals surface area contributed by atoms with E-state index in [-0.39, 0.29) is 5.91 Å². The van der Waals surface area contributed by atoms with Crippen LogP contribution in [0.5, 0.6) is 0 Å². The molecular formula is C17H12N6OS. The highest BCUT2D eigenvalue weighted by molar-refractivity contribution is 7.00. The molecule has 1 N–H and O–H groups in total. The first kappa shape index (κ1) is 15.3. The monoisotopic (exact) mass is 348 g/mol. The van der Waals surface area contributed by atoms with Crippen molar-refractivity contribution in [2.24, 2.45) is 0 Å². The lowest BCUT2D eigenvalue weighted by atomic mass is 10.2. The van der Waals surface area contributed by atoms with Crippen LogP contribution in [0.4, 0.5) is 0 Å². The van der Waals surface area contributed by atoms with E-state index in [4.69, 9.17) is 0 Å². The van der Waals surface area contributed by atoms with Gasteiger partial charge in [0.1, 0.15) is 11.0 Å². The summed E-state index contributed by atoms with van der Waals surface area (Å²) < 4.78 is 8.36. The number of carbonyl (C=O) groups excluding carboxylic acids is 1. The molecule has 1 amide bonds. The smallest absolute Gasteiger partial charge is 0.254 e. The van der Waals surface area contributed by atoms with Crippen molar-refractivity contribution >= 4 is 28.7 Å². The van der Waals surface area contributed by atoms with Crippen molar-refractivity contribution in [1.82, 2.24) is 29.0 Å². The number of amides is 1. The Bertz CT molecular complexity index is 1020. The average molecular weight is 348 g/mol. The Morgan fingerprint density at radius 1 is 1.00 bits per heavy atom. The summed E-state index contributed by atoms with van der Waals surface area (Å²) in [6.45, 7) is 0.401. The molecule has 0 radical (unpaired) electrons. The van der Waals surface area contributed by atoms with Gasteiger partial charge in [-0.1, -0.05) is 6.07 Å². The van der Waals surface area contributed by atoms with Gasteiger partial charge in [0.25, 0.3) is 5.91 Å². The normalized spacial score (nSPS) is 10.7. The molecule has 0 bridgehead atoms. The molecule has 0 unspecified atom stereocenters. The zero-order valence-electron chi connectivity index (χ0n) is 13.0. The first-order valence-corrected chi connectivity index (χ1v) is 8.24. The van der Waals surface area contributed by atoms with Gasteiger partial charge in [0.2, 0.25) is 0 Å². The molecule has 122 valence electrons. The summed E-state index contributed by atoms with van der Waals surface area (Å²) in [5.74, 6) is 0.332. The van der Waals surface area contributed by atoms with Gasteiger partial charge in [0.15, 0.2) is 5.82 Å². The summed E-state index contributed by atoms with van der Waals surface area (Å²) in [4.78, 5) is 24.7. The number of benzene rings is 1. The lowest BCUT2D eigenvalue weighted by Gasteiger charge is -2.06. The number of aromatic nitrogens is 5. The van der Waals surface area contributed by atoms with Crippen LogP contribution in [-0.2, 0) is 6.54 Å². The molecule has 0 saturated carbocycles. The minimum absolute atomic E-state index is 0.224. The van der Waals surface area contributed by atoms with Gasteiger partial charge in [-0.15, -0.1) is 0 Å². The van der Waals surface area contributed by atoms with Crippen LogP contribution >= 0.6 is 11.7 Å². The second-order valence-electron chi connectivity index (χ2n) is 5.30. The zero-order chi connectivity index (χ0) is 17.1. The molecule has 3 aromatic heterocycles. The molecule has 7 nitrogen and oxygen atoms in total. The third kappa shape index (κ3) is 3.33. The second-order valence-corrected chi connectivity index (χ2v) is 5.83. The van der Waals surface area contributed by atoms with E-state index in [1.807, 2.05) is 30.3 Å². The molecule has 0 aliphatic rings. The van der Waals surface area contributed by atoms with E-state index in [9.17, 15) is 4.79 Å². The highest BCUT2D eigenvalue weighted by atomic mass is 32.1. The van der Waals surface area contributed by atoms with E-state index in [0.717, 1.165) is 22.2 Å². The lowest BCUT2D eigenvalue weighted by molar-refractivity contribution is 0.0950.